The number of nitrogens with zero attached hydrogens (tertiary/aromatic N) is 2. The second-order valence-corrected chi connectivity index (χ2v) is 3.78. The van der Waals surface area contributed by atoms with Crippen LogP contribution in [-0.2, 0) is 19.9 Å². The van der Waals surface area contributed by atoms with Crippen molar-refractivity contribution in [1.82, 2.24) is 9.55 Å². The number of aryl methyl sites for hydroxylation is 2. The summed E-state index contributed by atoms with van der Waals surface area (Å²) in [5.41, 5.74) is 2.47. The average molecular weight is 230 g/mol. The minimum atomic E-state index is 0.925. The van der Waals surface area contributed by atoms with Crippen molar-refractivity contribution in [1.29, 1.82) is 0 Å². The lowest BCUT2D eigenvalue weighted by Gasteiger charge is -1.95. The van der Waals surface area contributed by atoms with E-state index in [-0.39, 0.29) is 0 Å². The van der Waals surface area contributed by atoms with E-state index in [0.29, 0.717) is 0 Å². The summed E-state index contributed by atoms with van der Waals surface area (Å²) in [6.45, 7) is 6.13. The molecule has 0 aliphatic rings. The van der Waals surface area contributed by atoms with E-state index in [1.807, 2.05) is 19.9 Å². The van der Waals surface area contributed by atoms with Gasteiger partial charge in [0.15, 0.2) is 0 Å². The van der Waals surface area contributed by atoms with E-state index in [4.69, 9.17) is 0 Å². The van der Waals surface area contributed by atoms with Gasteiger partial charge in [0.2, 0.25) is 0 Å². The Morgan fingerprint density at radius 2 is 1.76 bits per heavy atom. The fraction of sp³-hybridized carbons (Fsp3) is 0.400. The molecule has 0 aliphatic carbocycles. The Balaban J connectivity index is 0.000000686. The molecule has 0 radical (unpaired) electrons. The average Bonchev–Trinajstić information content (AvgIpc) is 2.73. The highest BCUT2D eigenvalue weighted by Crippen LogP contribution is 2.09. The van der Waals surface area contributed by atoms with Crippen LogP contribution in [0, 0.1) is 0 Å². The van der Waals surface area contributed by atoms with E-state index in [2.05, 4.69) is 54.0 Å². The third-order valence-corrected chi connectivity index (χ3v) is 2.57. The number of hydrogen-bond acceptors (Lipinski definition) is 1. The minimum Gasteiger partial charge on any atom is -0.338 e. The standard InChI is InChI=1S/C13H16N2.C2H6/c1-3-13-14-12(10-15(13)2)9-11-7-5-4-6-8-11;1-2/h4-8,10H,3,9H2,1-2H3;1-2H3. The number of rotatable bonds is 3. The fourth-order valence-corrected chi connectivity index (χ4v) is 1.79. The first-order chi connectivity index (χ1) is 8.29. The maximum atomic E-state index is 4.59. The van der Waals surface area contributed by atoms with E-state index in [9.17, 15) is 0 Å². The molecule has 0 bridgehead atoms. The molecule has 0 amide bonds. The van der Waals surface area contributed by atoms with Crippen LogP contribution in [0.25, 0.3) is 0 Å². The lowest BCUT2D eigenvalue weighted by molar-refractivity contribution is 0.807. The molecule has 92 valence electrons. The van der Waals surface area contributed by atoms with Crippen molar-refractivity contribution >= 4 is 0 Å². The largest absolute Gasteiger partial charge is 0.338 e. The van der Waals surface area contributed by atoms with E-state index in [1.165, 1.54) is 5.56 Å². The summed E-state index contributed by atoms with van der Waals surface area (Å²) < 4.78 is 2.11. The summed E-state index contributed by atoms with van der Waals surface area (Å²) in [7, 11) is 2.06. The van der Waals surface area contributed by atoms with E-state index >= 15 is 0 Å². The van der Waals surface area contributed by atoms with Gasteiger partial charge < -0.3 is 4.57 Å². The quantitative estimate of drug-likeness (QED) is 0.787. The van der Waals surface area contributed by atoms with Gasteiger partial charge in [-0.05, 0) is 5.56 Å². The zero-order valence-corrected chi connectivity index (χ0v) is 11.3. The van der Waals surface area contributed by atoms with Crippen LogP contribution in [0.5, 0.6) is 0 Å². The number of aromatic nitrogens is 2. The predicted octanol–water partition coefficient (Wildman–Crippen LogP) is 3.60. The van der Waals surface area contributed by atoms with Gasteiger partial charge in [-0.1, -0.05) is 51.1 Å². The van der Waals surface area contributed by atoms with Crippen molar-refractivity contribution in [2.24, 2.45) is 7.05 Å². The molecular formula is C15H22N2. The molecule has 0 N–H and O–H groups in total. The third kappa shape index (κ3) is 3.74. The van der Waals surface area contributed by atoms with Crippen molar-refractivity contribution in [3.05, 3.63) is 53.6 Å². The third-order valence-electron chi connectivity index (χ3n) is 2.57. The van der Waals surface area contributed by atoms with Crippen molar-refractivity contribution < 1.29 is 0 Å². The van der Waals surface area contributed by atoms with Crippen LogP contribution in [0.1, 0.15) is 37.9 Å². The van der Waals surface area contributed by atoms with Gasteiger partial charge in [0.05, 0.1) is 5.69 Å². The van der Waals surface area contributed by atoms with Crippen molar-refractivity contribution in [3.8, 4) is 0 Å². The zero-order chi connectivity index (χ0) is 12.7. The first kappa shape index (κ1) is 13.5. The molecule has 2 rings (SSSR count). The zero-order valence-electron chi connectivity index (χ0n) is 11.3. The number of imidazole rings is 1. The maximum Gasteiger partial charge on any atom is 0.108 e. The molecule has 1 aromatic carbocycles. The van der Waals surface area contributed by atoms with Gasteiger partial charge in [-0.15, -0.1) is 0 Å². The normalized spacial score (nSPS) is 9.65. The van der Waals surface area contributed by atoms with E-state index in [1.54, 1.807) is 0 Å². The van der Waals surface area contributed by atoms with Crippen molar-refractivity contribution in [3.63, 3.8) is 0 Å². The monoisotopic (exact) mass is 230 g/mol. The van der Waals surface area contributed by atoms with Crippen molar-refractivity contribution in [2.45, 2.75) is 33.6 Å². The molecule has 1 heterocycles. The van der Waals surface area contributed by atoms with Crippen LogP contribution < -0.4 is 0 Å². The summed E-state index contributed by atoms with van der Waals surface area (Å²) >= 11 is 0. The second-order valence-electron chi connectivity index (χ2n) is 3.78. The van der Waals surface area contributed by atoms with Crippen LogP contribution in [0.3, 0.4) is 0 Å². The van der Waals surface area contributed by atoms with E-state index in [0.717, 1.165) is 24.4 Å². The Bertz CT molecular complexity index is 429. The van der Waals surface area contributed by atoms with Crippen molar-refractivity contribution in [2.75, 3.05) is 0 Å². The second kappa shape index (κ2) is 6.89. The molecule has 0 atom stereocenters. The van der Waals surface area contributed by atoms with Gasteiger partial charge in [-0.25, -0.2) is 4.98 Å². The molecule has 0 saturated carbocycles. The molecule has 17 heavy (non-hydrogen) atoms. The Morgan fingerprint density at radius 3 is 2.29 bits per heavy atom. The van der Waals surface area contributed by atoms with Gasteiger partial charge in [-0.2, -0.15) is 0 Å². The lowest BCUT2D eigenvalue weighted by Crippen LogP contribution is -1.93. The molecule has 0 saturated heterocycles. The number of hydrogen-bond donors (Lipinski definition) is 0. The Morgan fingerprint density at radius 1 is 1.12 bits per heavy atom. The molecule has 1 aromatic heterocycles. The Hall–Kier alpha value is -1.57. The molecular weight excluding hydrogens is 208 g/mol. The highest BCUT2D eigenvalue weighted by molar-refractivity contribution is 5.21. The molecule has 0 unspecified atom stereocenters. The molecule has 0 aliphatic heterocycles. The summed E-state index contributed by atoms with van der Waals surface area (Å²) in [6.07, 6.45) is 4.03. The summed E-state index contributed by atoms with van der Waals surface area (Å²) in [5.74, 6) is 1.15. The Labute approximate surface area is 104 Å². The van der Waals surface area contributed by atoms with Crippen LogP contribution in [0.2, 0.25) is 0 Å². The van der Waals surface area contributed by atoms with Gasteiger partial charge in [0.1, 0.15) is 5.82 Å². The first-order valence-corrected chi connectivity index (χ1v) is 6.34. The highest BCUT2D eigenvalue weighted by atomic mass is 15.0. The van der Waals surface area contributed by atoms with Gasteiger partial charge in [0, 0.05) is 26.1 Å². The SMILES string of the molecule is CC.CCc1nc(Cc2ccccc2)cn1C. The van der Waals surface area contributed by atoms with Gasteiger partial charge in [-0.3, -0.25) is 0 Å². The topological polar surface area (TPSA) is 17.8 Å². The van der Waals surface area contributed by atoms with Crippen LogP contribution in [0.4, 0.5) is 0 Å². The highest BCUT2D eigenvalue weighted by Gasteiger charge is 2.03. The fourth-order valence-electron chi connectivity index (χ4n) is 1.79. The number of benzene rings is 1. The summed E-state index contributed by atoms with van der Waals surface area (Å²) in [6, 6.07) is 10.5. The van der Waals surface area contributed by atoms with Gasteiger partial charge >= 0.3 is 0 Å². The maximum absolute atomic E-state index is 4.59. The first-order valence-electron chi connectivity index (χ1n) is 6.34. The van der Waals surface area contributed by atoms with Crippen LogP contribution >= 0.6 is 0 Å². The smallest absolute Gasteiger partial charge is 0.108 e. The molecule has 0 spiro atoms. The minimum absolute atomic E-state index is 0.925. The molecule has 2 aromatic rings. The Kier molecular flexibility index (Phi) is 5.47. The summed E-state index contributed by atoms with van der Waals surface area (Å²) in [5, 5.41) is 0. The summed E-state index contributed by atoms with van der Waals surface area (Å²) in [4.78, 5) is 4.59. The lowest BCUT2D eigenvalue weighted by atomic mass is 10.1. The molecule has 2 heteroatoms. The van der Waals surface area contributed by atoms with E-state index < -0.39 is 0 Å². The molecule has 0 fully saturated rings. The van der Waals surface area contributed by atoms with Crippen LogP contribution in [0.15, 0.2) is 36.5 Å². The van der Waals surface area contributed by atoms with Crippen LogP contribution in [-0.4, -0.2) is 9.55 Å². The molecule has 2 nitrogen and oxygen atoms in total. The van der Waals surface area contributed by atoms with Gasteiger partial charge in [0.25, 0.3) is 0 Å². The predicted molar refractivity (Wildman–Crippen MR) is 73.2 cm³/mol.